The summed E-state index contributed by atoms with van der Waals surface area (Å²) in [5.74, 6) is 1.20. The van der Waals surface area contributed by atoms with Crippen LogP contribution < -0.4 is 0 Å². The van der Waals surface area contributed by atoms with E-state index in [1.54, 1.807) is 0 Å². The highest BCUT2D eigenvalue weighted by molar-refractivity contribution is 5.55. The highest BCUT2D eigenvalue weighted by Gasteiger charge is 2.11. The fourth-order valence-electron chi connectivity index (χ4n) is 1.65. The first-order valence-electron chi connectivity index (χ1n) is 5.00. The van der Waals surface area contributed by atoms with Crippen molar-refractivity contribution in [3.8, 4) is 0 Å². The van der Waals surface area contributed by atoms with Crippen molar-refractivity contribution in [1.82, 2.24) is 14.6 Å². The maximum absolute atomic E-state index is 10.6. The smallest absolute Gasteiger partial charge is 0.161 e. The summed E-state index contributed by atoms with van der Waals surface area (Å²) in [6, 6.07) is 5.72. The number of nitrogens with zero attached hydrogens (tertiary/aromatic N) is 3. The van der Waals surface area contributed by atoms with Crippen molar-refractivity contribution in [3.63, 3.8) is 0 Å². The lowest BCUT2D eigenvalue weighted by molar-refractivity contribution is -0.107. The summed E-state index contributed by atoms with van der Waals surface area (Å²) in [5.41, 5.74) is 1.74. The summed E-state index contributed by atoms with van der Waals surface area (Å²) >= 11 is 0. The van der Waals surface area contributed by atoms with E-state index in [-0.39, 0.29) is 0 Å². The number of carbonyl (C=O) groups excluding carboxylic acids is 1. The molecule has 0 fully saturated rings. The number of pyridine rings is 1. The topological polar surface area (TPSA) is 47.3 Å². The quantitative estimate of drug-likeness (QED) is 0.712. The van der Waals surface area contributed by atoms with E-state index < -0.39 is 0 Å². The molecule has 2 heterocycles. The van der Waals surface area contributed by atoms with Gasteiger partial charge in [-0.25, -0.2) is 0 Å². The van der Waals surface area contributed by atoms with Gasteiger partial charge in [0, 0.05) is 18.0 Å². The Labute approximate surface area is 87.9 Å². The number of carbonyl (C=O) groups is 1. The average molecular weight is 203 g/mol. The molecule has 0 amide bonds. The van der Waals surface area contributed by atoms with E-state index in [1.807, 2.05) is 22.6 Å². The van der Waals surface area contributed by atoms with Crippen LogP contribution in [0.2, 0.25) is 0 Å². The first-order chi connectivity index (χ1) is 7.24. The standard InChI is InChI=1S/C11H13N3O/c1-8(2)11-13-12-10-5-3-4-9(6-7-15)14(10)11/h3-5,7-8H,6H2,1-2H3. The summed E-state index contributed by atoms with van der Waals surface area (Å²) < 4.78 is 1.96. The minimum atomic E-state index is 0.299. The van der Waals surface area contributed by atoms with Crippen LogP contribution in [0, 0.1) is 0 Å². The highest BCUT2D eigenvalue weighted by atomic mass is 16.1. The molecule has 78 valence electrons. The molecular weight excluding hydrogens is 190 g/mol. The number of aldehydes is 1. The molecular formula is C11H13N3O. The maximum Gasteiger partial charge on any atom is 0.161 e. The molecule has 4 heteroatoms. The zero-order valence-corrected chi connectivity index (χ0v) is 8.84. The molecule has 2 aromatic heterocycles. The number of fused-ring (bicyclic) bond motifs is 1. The third-order valence-electron chi connectivity index (χ3n) is 2.34. The van der Waals surface area contributed by atoms with Crippen LogP contribution in [0.4, 0.5) is 0 Å². The molecule has 0 bridgehead atoms. The van der Waals surface area contributed by atoms with E-state index in [9.17, 15) is 4.79 Å². The van der Waals surface area contributed by atoms with Crippen molar-refractivity contribution in [2.24, 2.45) is 0 Å². The van der Waals surface area contributed by atoms with Gasteiger partial charge in [-0.1, -0.05) is 19.9 Å². The molecule has 0 spiro atoms. The van der Waals surface area contributed by atoms with E-state index in [0.29, 0.717) is 12.3 Å². The summed E-state index contributed by atoms with van der Waals surface area (Å²) in [7, 11) is 0. The second-order valence-electron chi connectivity index (χ2n) is 3.79. The van der Waals surface area contributed by atoms with Crippen molar-refractivity contribution in [1.29, 1.82) is 0 Å². The predicted molar refractivity (Wildman–Crippen MR) is 56.8 cm³/mol. The SMILES string of the molecule is CC(C)c1nnc2cccc(CC=O)n12. The van der Waals surface area contributed by atoms with Gasteiger partial charge in [-0.3, -0.25) is 4.40 Å². The van der Waals surface area contributed by atoms with Crippen LogP contribution in [0.3, 0.4) is 0 Å². The van der Waals surface area contributed by atoms with Crippen LogP contribution in [0.15, 0.2) is 18.2 Å². The Morgan fingerprint density at radius 2 is 2.20 bits per heavy atom. The number of rotatable bonds is 3. The van der Waals surface area contributed by atoms with Crippen LogP contribution in [0.1, 0.15) is 31.3 Å². The number of aromatic nitrogens is 3. The molecule has 0 radical (unpaired) electrons. The lowest BCUT2D eigenvalue weighted by atomic mass is 10.2. The Kier molecular flexibility index (Phi) is 2.49. The second kappa shape index (κ2) is 3.81. The van der Waals surface area contributed by atoms with Gasteiger partial charge < -0.3 is 4.79 Å². The molecule has 0 aliphatic heterocycles. The second-order valence-corrected chi connectivity index (χ2v) is 3.79. The summed E-state index contributed by atoms with van der Waals surface area (Å²) in [4.78, 5) is 10.6. The number of hydrogen-bond donors (Lipinski definition) is 0. The molecule has 0 unspecified atom stereocenters. The van der Waals surface area contributed by atoms with Crippen LogP contribution >= 0.6 is 0 Å². The summed E-state index contributed by atoms with van der Waals surface area (Å²) in [5, 5.41) is 8.21. The van der Waals surface area contributed by atoms with E-state index in [1.165, 1.54) is 0 Å². The van der Waals surface area contributed by atoms with Crippen LogP contribution in [-0.2, 0) is 11.2 Å². The van der Waals surface area contributed by atoms with Crippen molar-refractivity contribution in [2.45, 2.75) is 26.2 Å². The van der Waals surface area contributed by atoms with Gasteiger partial charge in [-0.15, -0.1) is 10.2 Å². The van der Waals surface area contributed by atoms with E-state index >= 15 is 0 Å². The fraction of sp³-hybridized carbons (Fsp3) is 0.364. The largest absolute Gasteiger partial charge is 0.303 e. The minimum Gasteiger partial charge on any atom is -0.303 e. The normalized spacial score (nSPS) is 11.1. The van der Waals surface area contributed by atoms with Gasteiger partial charge in [0.1, 0.15) is 12.1 Å². The van der Waals surface area contributed by atoms with E-state index in [2.05, 4.69) is 24.0 Å². The highest BCUT2D eigenvalue weighted by Crippen LogP contribution is 2.15. The van der Waals surface area contributed by atoms with Crippen LogP contribution in [0.25, 0.3) is 5.65 Å². The Morgan fingerprint density at radius 3 is 2.87 bits per heavy atom. The first-order valence-corrected chi connectivity index (χ1v) is 5.00. The molecule has 0 aliphatic rings. The molecule has 0 atom stereocenters. The van der Waals surface area contributed by atoms with Crippen molar-refractivity contribution >= 4 is 11.9 Å². The Bertz CT molecular complexity index is 488. The van der Waals surface area contributed by atoms with Crippen molar-refractivity contribution < 1.29 is 4.79 Å². The zero-order valence-electron chi connectivity index (χ0n) is 8.84. The predicted octanol–water partition coefficient (Wildman–Crippen LogP) is 1.59. The third kappa shape index (κ3) is 1.63. The van der Waals surface area contributed by atoms with Gasteiger partial charge in [0.2, 0.25) is 0 Å². The minimum absolute atomic E-state index is 0.299. The van der Waals surface area contributed by atoms with Crippen LogP contribution in [-0.4, -0.2) is 20.9 Å². The van der Waals surface area contributed by atoms with Crippen LogP contribution in [0.5, 0.6) is 0 Å². The summed E-state index contributed by atoms with van der Waals surface area (Å²) in [6.07, 6.45) is 1.30. The lowest BCUT2D eigenvalue weighted by Gasteiger charge is -2.06. The molecule has 2 rings (SSSR count). The lowest BCUT2D eigenvalue weighted by Crippen LogP contribution is -2.03. The van der Waals surface area contributed by atoms with E-state index in [0.717, 1.165) is 23.5 Å². The molecule has 2 aromatic rings. The fourth-order valence-corrected chi connectivity index (χ4v) is 1.65. The maximum atomic E-state index is 10.6. The van der Waals surface area contributed by atoms with Crippen molar-refractivity contribution in [2.75, 3.05) is 0 Å². The van der Waals surface area contributed by atoms with Gasteiger partial charge >= 0.3 is 0 Å². The van der Waals surface area contributed by atoms with E-state index in [4.69, 9.17) is 0 Å². The number of hydrogen-bond acceptors (Lipinski definition) is 3. The monoisotopic (exact) mass is 203 g/mol. The average Bonchev–Trinajstić information content (AvgIpc) is 2.62. The van der Waals surface area contributed by atoms with Crippen molar-refractivity contribution in [3.05, 3.63) is 29.7 Å². The Hall–Kier alpha value is -1.71. The molecule has 4 nitrogen and oxygen atoms in total. The molecule has 0 saturated heterocycles. The molecule has 0 aromatic carbocycles. The first kappa shape index (κ1) is 9.83. The third-order valence-corrected chi connectivity index (χ3v) is 2.34. The molecule has 15 heavy (non-hydrogen) atoms. The Morgan fingerprint density at radius 1 is 1.40 bits per heavy atom. The molecule has 0 N–H and O–H groups in total. The summed E-state index contributed by atoms with van der Waals surface area (Å²) in [6.45, 7) is 4.13. The van der Waals surface area contributed by atoms with Gasteiger partial charge in [-0.2, -0.15) is 0 Å². The van der Waals surface area contributed by atoms with Gasteiger partial charge in [-0.05, 0) is 12.1 Å². The van der Waals surface area contributed by atoms with Gasteiger partial charge in [0.05, 0.1) is 0 Å². The zero-order chi connectivity index (χ0) is 10.8. The Balaban J connectivity index is 2.68. The molecule has 0 aliphatic carbocycles. The van der Waals surface area contributed by atoms with Gasteiger partial charge in [0.25, 0.3) is 0 Å². The molecule has 0 saturated carbocycles. The van der Waals surface area contributed by atoms with Gasteiger partial charge in [0.15, 0.2) is 5.65 Å².